The fourth-order valence-corrected chi connectivity index (χ4v) is 1.55. The third kappa shape index (κ3) is 3.99. The summed E-state index contributed by atoms with van der Waals surface area (Å²) in [6.45, 7) is 0. The number of Topliss-reactive ketones (excluding diaryl/α,β-unsaturated/α-hetero) is 1. The number of nitrogens with one attached hydrogen (secondary N) is 1. The largest absolute Gasteiger partial charge is 0.295 e. The number of aromatic nitrogens is 2. The van der Waals surface area contributed by atoms with E-state index >= 15 is 0 Å². The molecule has 1 N–H and O–H groups in total. The zero-order valence-electron chi connectivity index (χ0n) is 10.2. The minimum Gasteiger partial charge on any atom is -0.295 e. The van der Waals surface area contributed by atoms with Gasteiger partial charge in [-0.15, -0.1) is 0 Å². The zero-order valence-corrected chi connectivity index (χ0v) is 10.2. The molecule has 0 saturated heterocycles. The second-order valence-corrected chi connectivity index (χ2v) is 3.91. The van der Waals surface area contributed by atoms with E-state index in [2.05, 4.69) is 15.3 Å². The number of amides is 1. The summed E-state index contributed by atoms with van der Waals surface area (Å²) in [5.74, 6) is -0.0696. The summed E-state index contributed by atoms with van der Waals surface area (Å²) in [5.41, 5.74) is 0.617. The van der Waals surface area contributed by atoms with E-state index in [1.807, 2.05) is 6.07 Å². The van der Waals surface area contributed by atoms with Crippen LogP contribution in [0.2, 0.25) is 0 Å². The lowest BCUT2D eigenvalue weighted by Crippen LogP contribution is -2.15. The summed E-state index contributed by atoms with van der Waals surface area (Å²) in [6.07, 6.45) is 3.37. The van der Waals surface area contributed by atoms with Crippen molar-refractivity contribution in [3.8, 4) is 0 Å². The van der Waals surface area contributed by atoms with Crippen molar-refractivity contribution in [2.24, 2.45) is 0 Å². The SMILES string of the molecule is O=C(CCC(=O)c1ccccc1)Nc1ncccn1. The molecule has 2 rings (SSSR count). The van der Waals surface area contributed by atoms with E-state index in [-0.39, 0.29) is 30.5 Å². The normalized spacial score (nSPS) is 9.89. The van der Waals surface area contributed by atoms with Crippen LogP contribution >= 0.6 is 0 Å². The van der Waals surface area contributed by atoms with Gasteiger partial charge in [0.25, 0.3) is 0 Å². The number of hydrogen-bond donors (Lipinski definition) is 1. The molecule has 0 radical (unpaired) electrons. The number of anilines is 1. The third-order valence-electron chi connectivity index (χ3n) is 2.49. The summed E-state index contributed by atoms with van der Waals surface area (Å²) < 4.78 is 0. The van der Waals surface area contributed by atoms with Gasteiger partial charge in [0.1, 0.15) is 0 Å². The van der Waals surface area contributed by atoms with Crippen molar-refractivity contribution in [2.45, 2.75) is 12.8 Å². The molecule has 1 heterocycles. The molecule has 0 fully saturated rings. The lowest BCUT2D eigenvalue weighted by atomic mass is 10.1. The lowest BCUT2D eigenvalue weighted by molar-refractivity contribution is -0.116. The maximum Gasteiger partial charge on any atom is 0.229 e. The zero-order chi connectivity index (χ0) is 13.5. The predicted octanol–water partition coefficient (Wildman–Crippen LogP) is 2.08. The second-order valence-electron chi connectivity index (χ2n) is 3.91. The van der Waals surface area contributed by atoms with Crippen LogP contribution in [-0.2, 0) is 4.79 Å². The molecule has 0 spiro atoms. The van der Waals surface area contributed by atoms with Crippen LogP contribution in [0, 0.1) is 0 Å². The fraction of sp³-hybridized carbons (Fsp3) is 0.143. The average Bonchev–Trinajstić information content (AvgIpc) is 2.47. The van der Waals surface area contributed by atoms with Gasteiger partial charge in [0.2, 0.25) is 11.9 Å². The molecule has 5 heteroatoms. The van der Waals surface area contributed by atoms with Gasteiger partial charge in [-0.3, -0.25) is 14.9 Å². The Balaban J connectivity index is 1.83. The molecular weight excluding hydrogens is 242 g/mol. The van der Waals surface area contributed by atoms with Gasteiger partial charge in [0, 0.05) is 30.8 Å². The summed E-state index contributed by atoms with van der Waals surface area (Å²) >= 11 is 0. The molecule has 96 valence electrons. The van der Waals surface area contributed by atoms with Crippen LogP contribution in [-0.4, -0.2) is 21.7 Å². The molecule has 5 nitrogen and oxygen atoms in total. The van der Waals surface area contributed by atoms with Gasteiger partial charge in [0.05, 0.1) is 0 Å². The Morgan fingerprint density at radius 3 is 2.32 bits per heavy atom. The minimum atomic E-state index is -0.268. The number of carbonyl (C=O) groups is 2. The number of carbonyl (C=O) groups excluding carboxylic acids is 2. The Hall–Kier alpha value is -2.56. The quantitative estimate of drug-likeness (QED) is 0.830. The molecule has 0 unspecified atom stereocenters. The predicted molar refractivity (Wildman–Crippen MR) is 70.7 cm³/mol. The van der Waals surface area contributed by atoms with Crippen LogP contribution < -0.4 is 5.32 Å². The molecule has 0 atom stereocenters. The van der Waals surface area contributed by atoms with E-state index < -0.39 is 0 Å². The number of rotatable bonds is 5. The minimum absolute atomic E-state index is 0.0512. The molecule has 0 aliphatic carbocycles. The van der Waals surface area contributed by atoms with Gasteiger partial charge in [-0.05, 0) is 6.07 Å². The third-order valence-corrected chi connectivity index (χ3v) is 2.49. The molecule has 0 saturated carbocycles. The molecule has 0 aliphatic rings. The van der Waals surface area contributed by atoms with Crippen LogP contribution in [0.25, 0.3) is 0 Å². The number of ketones is 1. The molecule has 1 amide bonds. The van der Waals surface area contributed by atoms with E-state index in [1.165, 1.54) is 12.4 Å². The first kappa shape index (κ1) is 12.9. The van der Waals surface area contributed by atoms with Crippen LogP contribution in [0.15, 0.2) is 48.8 Å². The highest BCUT2D eigenvalue weighted by Crippen LogP contribution is 2.06. The molecule has 1 aromatic carbocycles. The highest BCUT2D eigenvalue weighted by Gasteiger charge is 2.09. The van der Waals surface area contributed by atoms with Gasteiger partial charge in [-0.1, -0.05) is 30.3 Å². The Kier molecular flexibility index (Phi) is 4.34. The summed E-state index contributed by atoms with van der Waals surface area (Å²) in [6, 6.07) is 10.6. The van der Waals surface area contributed by atoms with Crippen molar-refractivity contribution in [3.05, 3.63) is 54.4 Å². The van der Waals surface area contributed by atoms with E-state index in [4.69, 9.17) is 0 Å². The Labute approximate surface area is 110 Å². The van der Waals surface area contributed by atoms with Crippen LogP contribution in [0.1, 0.15) is 23.2 Å². The van der Waals surface area contributed by atoms with Gasteiger partial charge in [-0.25, -0.2) is 9.97 Å². The van der Waals surface area contributed by atoms with Gasteiger partial charge < -0.3 is 0 Å². The maximum atomic E-state index is 11.8. The maximum absolute atomic E-state index is 11.8. The van der Waals surface area contributed by atoms with Crippen molar-refractivity contribution < 1.29 is 9.59 Å². The highest BCUT2D eigenvalue weighted by atomic mass is 16.2. The van der Waals surface area contributed by atoms with Crippen LogP contribution in [0.5, 0.6) is 0 Å². The molecule has 1 aromatic heterocycles. The summed E-state index contributed by atoms with van der Waals surface area (Å²) in [4.78, 5) is 31.1. The Morgan fingerprint density at radius 1 is 0.947 bits per heavy atom. The summed E-state index contributed by atoms with van der Waals surface area (Å²) in [7, 11) is 0. The van der Waals surface area contributed by atoms with Crippen LogP contribution in [0.4, 0.5) is 5.95 Å². The molecule has 19 heavy (non-hydrogen) atoms. The number of hydrogen-bond acceptors (Lipinski definition) is 4. The van der Waals surface area contributed by atoms with E-state index in [0.29, 0.717) is 5.56 Å². The number of benzene rings is 1. The van der Waals surface area contributed by atoms with Crippen molar-refractivity contribution >= 4 is 17.6 Å². The van der Waals surface area contributed by atoms with E-state index in [1.54, 1.807) is 30.3 Å². The smallest absolute Gasteiger partial charge is 0.229 e. The molecular formula is C14H13N3O2. The van der Waals surface area contributed by atoms with Crippen molar-refractivity contribution in [1.29, 1.82) is 0 Å². The van der Waals surface area contributed by atoms with Gasteiger partial charge >= 0.3 is 0 Å². The Bertz CT molecular complexity index is 555. The molecule has 2 aromatic rings. The number of nitrogens with zero attached hydrogens (tertiary/aromatic N) is 2. The lowest BCUT2D eigenvalue weighted by Gasteiger charge is -2.03. The van der Waals surface area contributed by atoms with Gasteiger partial charge in [0.15, 0.2) is 5.78 Å². The summed E-state index contributed by atoms with van der Waals surface area (Å²) in [5, 5.41) is 2.54. The Morgan fingerprint density at radius 2 is 1.63 bits per heavy atom. The topological polar surface area (TPSA) is 72.0 Å². The van der Waals surface area contributed by atoms with E-state index in [9.17, 15) is 9.59 Å². The van der Waals surface area contributed by atoms with Crippen molar-refractivity contribution in [2.75, 3.05) is 5.32 Å². The molecule has 0 bridgehead atoms. The average molecular weight is 255 g/mol. The van der Waals surface area contributed by atoms with Crippen molar-refractivity contribution in [3.63, 3.8) is 0 Å². The van der Waals surface area contributed by atoms with Crippen molar-refractivity contribution in [1.82, 2.24) is 9.97 Å². The first-order valence-electron chi connectivity index (χ1n) is 5.91. The molecule has 0 aliphatic heterocycles. The first-order valence-corrected chi connectivity index (χ1v) is 5.91. The van der Waals surface area contributed by atoms with Gasteiger partial charge in [-0.2, -0.15) is 0 Å². The monoisotopic (exact) mass is 255 g/mol. The first-order chi connectivity index (χ1) is 9.25. The second kappa shape index (κ2) is 6.39. The van der Waals surface area contributed by atoms with Crippen LogP contribution in [0.3, 0.4) is 0 Å². The van der Waals surface area contributed by atoms with E-state index in [0.717, 1.165) is 0 Å². The standard InChI is InChI=1S/C14H13N3O2/c18-12(11-5-2-1-3-6-11)7-8-13(19)17-14-15-9-4-10-16-14/h1-6,9-10H,7-8H2,(H,15,16,17,19). The highest BCUT2D eigenvalue weighted by molar-refractivity contribution is 5.99. The fourth-order valence-electron chi connectivity index (χ4n) is 1.55.